The molecule has 0 aromatic carbocycles. The molecule has 4 nitrogen and oxygen atoms in total. The molecular formula is C14H32NO3PS. The van der Waals surface area contributed by atoms with Crippen LogP contribution in [0.15, 0.2) is 0 Å². The molecule has 4 N–H and O–H groups in total. The van der Waals surface area contributed by atoms with Crippen LogP contribution in [0.5, 0.6) is 0 Å². The van der Waals surface area contributed by atoms with E-state index in [-0.39, 0.29) is 6.10 Å². The molecule has 0 amide bonds. The third-order valence-corrected chi connectivity index (χ3v) is 4.23. The van der Waals surface area contributed by atoms with E-state index in [0.717, 1.165) is 32.2 Å². The Morgan fingerprint density at radius 2 is 1.60 bits per heavy atom. The summed E-state index contributed by atoms with van der Waals surface area (Å²) < 4.78 is 4.92. The fourth-order valence-electron chi connectivity index (χ4n) is 2.29. The molecule has 0 spiro atoms. The Kier molecular flexibility index (Phi) is 13.5. The lowest BCUT2D eigenvalue weighted by atomic mass is 9.98. The summed E-state index contributed by atoms with van der Waals surface area (Å²) in [7, 11) is 0. The first-order valence-corrected chi connectivity index (χ1v) is 10.6. The minimum absolute atomic E-state index is 0.00965. The number of unbranched alkanes of at least 4 members (excludes halogenated alkanes) is 5. The summed E-state index contributed by atoms with van der Waals surface area (Å²) in [6.45, 7) is -0.295. The van der Waals surface area contributed by atoms with Gasteiger partial charge in [0.25, 0.3) is 0 Å². The average Bonchev–Trinajstić information content (AvgIpc) is 2.39. The summed E-state index contributed by atoms with van der Waals surface area (Å²) >= 11 is 4.37. The molecule has 122 valence electrons. The van der Waals surface area contributed by atoms with Gasteiger partial charge in [0.1, 0.15) is 0 Å². The monoisotopic (exact) mass is 325 g/mol. The zero-order chi connectivity index (χ0) is 15.3. The van der Waals surface area contributed by atoms with Crippen LogP contribution in [0, 0.1) is 0 Å². The standard InChI is InChI=1S/C8H19N.C6H13O3PS/c1-2-3-4-5-6-7-8-9;7-10(8,11)9-6-4-2-1-3-5-6/h2-9H2,1H3;6H,1-5H2,(H2,7,8,11). The first-order chi connectivity index (χ1) is 9.49. The van der Waals surface area contributed by atoms with Crippen LogP contribution in [-0.4, -0.2) is 22.4 Å². The summed E-state index contributed by atoms with van der Waals surface area (Å²) in [5, 5.41) is 0. The highest BCUT2D eigenvalue weighted by Crippen LogP contribution is 2.41. The molecule has 1 aliphatic carbocycles. The lowest BCUT2D eigenvalue weighted by molar-refractivity contribution is 0.131. The maximum Gasteiger partial charge on any atom is 0.322 e. The second kappa shape index (κ2) is 13.2. The normalized spacial score (nSPS) is 16.6. The van der Waals surface area contributed by atoms with Crippen LogP contribution in [0.1, 0.15) is 77.6 Å². The summed E-state index contributed by atoms with van der Waals surface area (Å²) in [6, 6.07) is 0. The summed E-state index contributed by atoms with van der Waals surface area (Å²) in [5.74, 6) is 0. The van der Waals surface area contributed by atoms with Crippen molar-refractivity contribution in [2.24, 2.45) is 5.73 Å². The van der Waals surface area contributed by atoms with Gasteiger partial charge in [-0.1, -0.05) is 58.3 Å². The SMILES string of the molecule is CCCCCCCCN.OP(O)(=S)OC1CCCCC1. The molecule has 1 fully saturated rings. The van der Waals surface area contributed by atoms with Gasteiger partial charge < -0.3 is 20.0 Å². The molecule has 20 heavy (non-hydrogen) atoms. The van der Waals surface area contributed by atoms with Gasteiger partial charge in [0.05, 0.1) is 6.10 Å². The van der Waals surface area contributed by atoms with E-state index in [1.807, 2.05) is 0 Å². The maximum absolute atomic E-state index is 8.83. The fourth-order valence-corrected chi connectivity index (χ4v) is 3.25. The zero-order valence-corrected chi connectivity index (χ0v) is 14.5. The van der Waals surface area contributed by atoms with Gasteiger partial charge in [0.15, 0.2) is 0 Å². The molecule has 0 saturated heterocycles. The molecule has 1 rings (SSSR count). The van der Waals surface area contributed by atoms with Gasteiger partial charge in [-0.2, -0.15) is 0 Å². The number of nitrogens with two attached hydrogens (primary N) is 1. The Bertz CT molecular complexity index is 249. The van der Waals surface area contributed by atoms with E-state index in [9.17, 15) is 0 Å². The molecule has 0 unspecified atom stereocenters. The van der Waals surface area contributed by atoms with Crippen LogP contribution in [0.4, 0.5) is 0 Å². The van der Waals surface area contributed by atoms with Crippen molar-refractivity contribution in [1.29, 1.82) is 0 Å². The van der Waals surface area contributed by atoms with Crippen molar-refractivity contribution in [2.75, 3.05) is 6.54 Å². The average molecular weight is 325 g/mol. The maximum atomic E-state index is 8.83. The van der Waals surface area contributed by atoms with Crippen LogP contribution < -0.4 is 5.73 Å². The summed E-state index contributed by atoms with van der Waals surface area (Å²) in [5.41, 5.74) is 5.34. The van der Waals surface area contributed by atoms with Gasteiger partial charge in [-0.05, 0) is 37.6 Å². The molecule has 0 heterocycles. The Morgan fingerprint density at radius 1 is 1.05 bits per heavy atom. The third-order valence-electron chi connectivity index (χ3n) is 3.40. The van der Waals surface area contributed by atoms with Gasteiger partial charge in [-0.15, -0.1) is 0 Å². The molecule has 0 radical (unpaired) electrons. The lowest BCUT2D eigenvalue weighted by Crippen LogP contribution is -2.14. The summed E-state index contributed by atoms with van der Waals surface area (Å²) in [6.07, 6.45) is 13.3. The Labute approximate surface area is 129 Å². The molecule has 0 aromatic heterocycles. The molecule has 0 aliphatic heterocycles. The molecule has 0 aromatic rings. The predicted octanol–water partition coefficient (Wildman–Crippen LogP) is 3.85. The molecule has 1 saturated carbocycles. The topological polar surface area (TPSA) is 75.7 Å². The van der Waals surface area contributed by atoms with Crippen LogP contribution in [0.3, 0.4) is 0 Å². The number of rotatable bonds is 8. The highest BCUT2D eigenvalue weighted by molar-refractivity contribution is 8.06. The van der Waals surface area contributed by atoms with Gasteiger partial charge in [-0.25, -0.2) is 0 Å². The van der Waals surface area contributed by atoms with Crippen LogP contribution in [-0.2, 0) is 16.3 Å². The molecule has 1 aliphatic rings. The van der Waals surface area contributed by atoms with Crippen molar-refractivity contribution in [3.63, 3.8) is 0 Å². The second-order valence-corrected chi connectivity index (χ2v) is 8.03. The van der Waals surface area contributed by atoms with Gasteiger partial charge in [0.2, 0.25) is 0 Å². The smallest absolute Gasteiger partial charge is 0.322 e. The molecule has 0 bridgehead atoms. The summed E-state index contributed by atoms with van der Waals surface area (Å²) in [4.78, 5) is 17.7. The highest BCUT2D eigenvalue weighted by Gasteiger charge is 2.20. The fraction of sp³-hybridized carbons (Fsp3) is 1.00. The molecule has 6 heteroatoms. The largest absolute Gasteiger partial charge is 0.330 e. The van der Waals surface area contributed by atoms with Crippen molar-refractivity contribution in [2.45, 2.75) is 83.7 Å². The van der Waals surface area contributed by atoms with Crippen LogP contribution >= 0.6 is 6.72 Å². The van der Waals surface area contributed by atoms with E-state index in [0.29, 0.717) is 0 Å². The predicted molar refractivity (Wildman–Crippen MR) is 89.1 cm³/mol. The third kappa shape index (κ3) is 14.9. The second-order valence-electron chi connectivity index (χ2n) is 5.41. The van der Waals surface area contributed by atoms with E-state index >= 15 is 0 Å². The van der Waals surface area contributed by atoms with E-state index in [1.165, 1.54) is 44.9 Å². The Hall–Kier alpha value is 0.490. The minimum atomic E-state index is -3.40. The quantitative estimate of drug-likeness (QED) is 0.467. The van der Waals surface area contributed by atoms with Crippen LogP contribution in [0.2, 0.25) is 0 Å². The first kappa shape index (κ1) is 20.5. The molecular weight excluding hydrogens is 293 g/mol. The van der Waals surface area contributed by atoms with Crippen molar-refractivity contribution in [3.8, 4) is 0 Å². The van der Waals surface area contributed by atoms with Crippen molar-refractivity contribution in [1.82, 2.24) is 0 Å². The van der Waals surface area contributed by atoms with E-state index in [1.54, 1.807) is 0 Å². The zero-order valence-electron chi connectivity index (χ0n) is 12.8. The number of hydrogen-bond acceptors (Lipinski definition) is 3. The lowest BCUT2D eigenvalue weighted by Gasteiger charge is -2.23. The van der Waals surface area contributed by atoms with Crippen molar-refractivity contribution < 1.29 is 14.3 Å². The van der Waals surface area contributed by atoms with Crippen LogP contribution in [0.25, 0.3) is 0 Å². The molecule has 0 atom stereocenters. The highest BCUT2D eigenvalue weighted by atomic mass is 32.5. The van der Waals surface area contributed by atoms with Gasteiger partial charge in [0, 0.05) is 0 Å². The van der Waals surface area contributed by atoms with Crippen molar-refractivity contribution >= 4 is 18.5 Å². The van der Waals surface area contributed by atoms with E-state index in [4.69, 9.17) is 20.0 Å². The minimum Gasteiger partial charge on any atom is -0.330 e. The van der Waals surface area contributed by atoms with E-state index in [2.05, 4.69) is 18.7 Å². The Balaban J connectivity index is 0.000000370. The van der Waals surface area contributed by atoms with Gasteiger partial charge >= 0.3 is 6.72 Å². The Morgan fingerprint density at radius 3 is 2.10 bits per heavy atom. The van der Waals surface area contributed by atoms with E-state index < -0.39 is 6.72 Å². The first-order valence-electron chi connectivity index (χ1n) is 7.93. The van der Waals surface area contributed by atoms with Gasteiger partial charge in [-0.3, -0.25) is 0 Å². The van der Waals surface area contributed by atoms with Crippen molar-refractivity contribution in [3.05, 3.63) is 0 Å². The number of hydrogen-bond donors (Lipinski definition) is 3.